The minimum atomic E-state index is 0.735. The van der Waals surface area contributed by atoms with E-state index < -0.39 is 0 Å². The molecule has 1 saturated heterocycles. The van der Waals surface area contributed by atoms with Crippen molar-refractivity contribution >= 4 is 28.9 Å². The number of halogens is 1. The first kappa shape index (κ1) is 19.0. The van der Waals surface area contributed by atoms with Crippen molar-refractivity contribution in [3.8, 4) is 5.75 Å². The smallest absolute Gasteiger partial charge is 0.169 e. The Labute approximate surface area is 165 Å². The molecular weight excluding hydrogens is 366 g/mol. The molecule has 0 aliphatic carbocycles. The summed E-state index contributed by atoms with van der Waals surface area (Å²) in [5.74, 6) is 0.870. The number of thiocarbonyl (C=S) groups is 1. The van der Waals surface area contributed by atoms with Crippen LogP contribution in [0.3, 0.4) is 0 Å². The number of hydrogen-bond acceptors (Lipinski definition) is 2. The Morgan fingerprint density at radius 3 is 2.54 bits per heavy atom. The van der Waals surface area contributed by atoms with Crippen LogP contribution in [-0.4, -0.2) is 43.3 Å². The molecule has 2 aromatic carbocycles. The summed E-state index contributed by atoms with van der Waals surface area (Å²) in [6.45, 7) is 5.86. The van der Waals surface area contributed by atoms with Crippen LogP contribution in [0.4, 0.5) is 0 Å². The van der Waals surface area contributed by atoms with Gasteiger partial charge >= 0.3 is 0 Å². The molecule has 0 amide bonds. The van der Waals surface area contributed by atoms with Gasteiger partial charge in [-0.2, -0.15) is 0 Å². The quantitative estimate of drug-likeness (QED) is 0.765. The van der Waals surface area contributed by atoms with Crippen molar-refractivity contribution in [3.63, 3.8) is 0 Å². The van der Waals surface area contributed by atoms with Crippen molar-refractivity contribution in [2.24, 2.45) is 0 Å². The van der Waals surface area contributed by atoms with Crippen LogP contribution in [0.15, 0.2) is 48.5 Å². The topological polar surface area (TPSA) is 28.9 Å². The normalized spacial score (nSPS) is 14.9. The molecule has 6 heteroatoms. The summed E-state index contributed by atoms with van der Waals surface area (Å²) >= 11 is 11.7. The Morgan fingerprint density at radius 2 is 1.88 bits per heavy atom. The van der Waals surface area contributed by atoms with E-state index in [-0.39, 0.29) is 0 Å². The number of nitrogens with zero attached hydrogens (tertiary/aromatic N) is 1. The number of ether oxygens (including phenoxy) is 1. The van der Waals surface area contributed by atoms with Crippen molar-refractivity contribution < 1.29 is 9.64 Å². The van der Waals surface area contributed by atoms with E-state index in [0.717, 1.165) is 55.2 Å². The number of rotatable bonds is 5. The highest BCUT2D eigenvalue weighted by atomic mass is 35.5. The molecule has 0 unspecified atom stereocenters. The number of methoxy groups -OCH3 is 1. The molecule has 26 heavy (non-hydrogen) atoms. The highest BCUT2D eigenvalue weighted by Crippen LogP contribution is 2.11. The fourth-order valence-electron chi connectivity index (χ4n) is 3.17. The molecule has 0 bridgehead atoms. The lowest BCUT2D eigenvalue weighted by atomic mass is 10.2. The lowest BCUT2D eigenvalue weighted by molar-refractivity contribution is -0.917. The van der Waals surface area contributed by atoms with Crippen LogP contribution < -0.4 is 15.0 Å². The molecule has 2 aromatic rings. The summed E-state index contributed by atoms with van der Waals surface area (Å²) in [4.78, 5) is 3.84. The molecule has 4 nitrogen and oxygen atoms in total. The molecule has 2 N–H and O–H groups in total. The second kappa shape index (κ2) is 9.21. The molecule has 1 aliphatic rings. The number of hydrogen-bond donors (Lipinski definition) is 2. The van der Waals surface area contributed by atoms with Gasteiger partial charge in [-0.1, -0.05) is 35.9 Å². The van der Waals surface area contributed by atoms with Crippen molar-refractivity contribution in [2.75, 3.05) is 33.3 Å². The number of piperazine rings is 1. The van der Waals surface area contributed by atoms with Gasteiger partial charge in [-0.05, 0) is 42.0 Å². The number of nitrogens with one attached hydrogen (secondary N) is 2. The first-order chi connectivity index (χ1) is 12.6. The van der Waals surface area contributed by atoms with Gasteiger partial charge in [0.1, 0.15) is 12.3 Å². The van der Waals surface area contributed by atoms with Crippen molar-refractivity contribution in [1.82, 2.24) is 10.2 Å². The van der Waals surface area contributed by atoms with Crippen LogP contribution in [0.1, 0.15) is 11.1 Å². The highest BCUT2D eigenvalue weighted by Gasteiger charge is 2.21. The Hall–Kier alpha value is -1.82. The minimum absolute atomic E-state index is 0.735. The summed E-state index contributed by atoms with van der Waals surface area (Å²) in [5, 5.41) is 5.01. The maximum absolute atomic E-state index is 6.08. The maximum Gasteiger partial charge on any atom is 0.169 e. The van der Waals surface area contributed by atoms with Gasteiger partial charge in [0.05, 0.1) is 33.3 Å². The van der Waals surface area contributed by atoms with Crippen LogP contribution in [-0.2, 0) is 13.1 Å². The van der Waals surface area contributed by atoms with E-state index in [1.165, 1.54) is 11.1 Å². The van der Waals surface area contributed by atoms with Crippen LogP contribution in [0.2, 0.25) is 5.02 Å². The Kier molecular flexibility index (Phi) is 6.72. The molecule has 0 atom stereocenters. The average molecular weight is 391 g/mol. The third-order valence-corrected chi connectivity index (χ3v) is 5.34. The van der Waals surface area contributed by atoms with Gasteiger partial charge in [0.25, 0.3) is 0 Å². The maximum atomic E-state index is 6.08. The monoisotopic (exact) mass is 390 g/mol. The molecule has 1 fully saturated rings. The minimum Gasteiger partial charge on any atom is -0.497 e. The lowest BCUT2D eigenvalue weighted by Gasteiger charge is -2.34. The third-order valence-electron chi connectivity index (χ3n) is 4.70. The highest BCUT2D eigenvalue weighted by molar-refractivity contribution is 7.80. The fourth-order valence-corrected chi connectivity index (χ4v) is 3.64. The van der Waals surface area contributed by atoms with E-state index in [9.17, 15) is 0 Å². The predicted molar refractivity (Wildman–Crippen MR) is 110 cm³/mol. The fraction of sp³-hybridized carbons (Fsp3) is 0.350. The lowest BCUT2D eigenvalue weighted by Crippen LogP contribution is -3.13. The van der Waals surface area contributed by atoms with Crippen molar-refractivity contribution in [2.45, 2.75) is 13.1 Å². The molecule has 0 saturated carbocycles. The zero-order valence-electron chi connectivity index (χ0n) is 15.0. The van der Waals surface area contributed by atoms with E-state index in [0.29, 0.717) is 0 Å². The van der Waals surface area contributed by atoms with E-state index >= 15 is 0 Å². The molecular formula is C20H25ClN3OS+. The second-order valence-corrected chi connectivity index (χ2v) is 7.37. The largest absolute Gasteiger partial charge is 0.497 e. The summed E-state index contributed by atoms with van der Waals surface area (Å²) in [7, 11) is 1.68. The average Bonchev–Trinajstić information content (AvgIpc) is 2.67. The van der Waals surface area contributed by atoms with E-state index in [4.69, 9.17) is 28.6 Å². The molecule has 0 radical (unpaired) electrons. The standard InChI is InChI=1S/C20H24ClN3OS/c1-25-19-7-5-16(6-8-19)14-22-20(26)24-11-9-23(10-12-24)15-17-3-2-4-18(21)13-17/h2-8,13H,9-12,14-15H2,1H3,(H,22,26)/p+1. The van der Waals surface area contributed by atoms with Crippen LogP contribution in [0.5, 0.6) is 5.75 Å². The first-order valence-electron chi connectivity index (χ1n) is 8.88. The number of benzene rings is 2. The number of quaternary nitrogens is 1. The Bertz CT molecular complexity index is 730. The second-order valence-electron chi connectivity index (χ2n) is 6.55. The van der Waals surface area contributed by atoms with Gasteiger partial charge < -0.3 is 19.9 Å². The van der Waals surface area contributed by atoms with Crippen LogP contribution >= 0.6 is 23.8 Å². The molecule has 1 heterocycles. The molecule has 0 aromatic heterocycles. The van der Waals surface area contributed by atoms with E-state index in [1.807, 2.05) is 24.3 Å². The van der Waals surface area contributed by atoms with Gasteiger partial charge in [0.15, 0.2) is 5.11 Å². The molecule has 1 aliphatic heterocycles. The van der Waals surface area contributed by atoms with Crippen LogP contribution in [0.25, 0.3) is 0 Å². The van der Waals surface area contributed by atoms with Gasteiger partial charge in [0, 0.05) is 17.1 Å². The third kappa shape index (κ3) is 5.34. The van der Waals surface area contributed by atoms with Gasteiger partial charge in [-0.3, -0.25) is 0 Å². The zero-order chi connectivity index (χ0) is 18.4. The van der Waals surface area contributed by atoms with Crippen LogP contribution in [0, 0.1) is 0 Å². The van der Waals surface area contributed by atoms with Crippen molar-refractivity contribution in [3.05, 3.63) is 64.7 Å². The van der Waals surface area contributed by atoms with E-state index in [2.05, 4.69) is 34.5 Å². The van der Waals surface area contributed by atoms with Gasteiger partial charge in [0.2, 0.25) is 0 Å². The van der Waals surface area contributed by atoms with Crippen molar-refractivity contribution in [1.29, 1.82) is 0 Å². The van der Waals surface area contributed by atoms with Gasteiger partial charge in [-0.25, -0.2) is 0 Å². The zero-order valence-corrected chi connectivity index (χ0v) is 16.6. The summed E-state index contributed by atoms with van der Waals surface area (Å²) < 4.78 is 5.18. The molecule has 3 rings (SSSR count). The summed E-state index contributed by atoms with van der Waals surface area (Å²) in [6.07, 6.45) is 0. The predicted octanol–water partition coefficient (Wildman–Crippen LogP) is 2.12. The summed E-state index contributed by atoms with van der Waals surface area (Å²) in [5.41, 5.74) is 2.49. The SMILES string of the molecule is COc1ccc(CNC(=S)N2CC[NH+](Cc3cccc(Cl)c3)CC2)cc1. The summed E-state index contributed by atoms with van der Waals surface area (Å²) in [6, 6.07) is 16.2. The molecule has 0 spiro atoms. The first-order valence-corrected chi connectivity index (χ1v) is 9.66. The van der Waals surface area contributed by atoms with E-state index in [1.54, 1.807) is 12.0 Å². The molecule has 138 valence electrons. The Morgan fingerprint density at radius 1 is 1.15 bits per heavy atom. The van der Waals surface area contributed by atoms with Gasteiger partial charge in [-0.15, -0.1) is 0 Å². The Balaban J connectivity index is 1.42.